The Morgan fingerprint density at radius 3 is 2.76 bits per heavy atom. The van der Waals surface area contributed by atoms with E-state index < -0.39 is 36.0 Å². The van der Waals surface area contributed by atoms with Crippen LogP contribution in [0.3, 0.4) is 0 Å². The van der Waals surface area contributed by atoms with Gasteiger partial charge in [-0.05, 0) is 38.0 Å². The van der Waals surface area contributed by atoms with Crippen LogP contribution >= 0.6 is 11.3 Å². The summed E-state index contributed by atoms with van der Waals surface area (Å²) in [5, 5.41) is 13.6. The number of ether oxygens (including phenoxy) is 3. The molecular formula is C34H30F2N6O6S. The van der Waals surface area contributed by atoms with Gasteiger partial charge in [-0.2, -0.15) is 0 Å². The number of benzene rings is 1. The molecule has 7 heterocycles. The first-order chi connectivity index (χ1) is 23.7. The Bertz CT molecular complexity index is 2140. The van der Waals surface area contributed by atoms with E-state index in [-0.39, 0.29) is 35.9 Å². The van der Waals surface area contributed by atoms with E-state index >= 15 is 0 Å². The Morgan fingerprint density at radius 2 is 2.02 bits per heavy atom. The van der Waals surface area contributed by atoms with E-state index in [4.69, 9.17) is 18.6 Å². The lowest BCUT2D eigenvalue weighted by Crippen LogP contribution is -2.68. The molecule has 49 heavy (non-hydrogen) atoms. The molecule has 8 rings (SSSR count). The third kappa shape index (κ3) is 5.59. The van der Waals surface area contributed by atoms with Crippen LogP contribution in [0.25, 0.3) is 22.1 Å². The van der Waals surface area contributed by atoms with Crippen molar-refractivity contribution in [2.45, 2.75) is 50.5 Å². The summed E-state index contributed by atoms with van der Waals surface area (Å²) in [5.41, 5.74) is 2.26. The number of alkyl halides is 2. The van der Waals surface area contributed by atoms with E-state index in [0.29, 0.717) is 60.2 Å². The molecule has 15 heteroatoms. The van der Waals surface area contributed by atoms with Crippen molar-refractivity contribution in [2.24, 2.45) is 0 Å². The first-order valence-corrected chi connectivity index (χ1v) is 16.6. The van der Waals surface area contributed by atoms with Gasteiger partial charge in [-0.1, -0.05) is 18.1 Å². The number of aryl methyl sites for hydroxylation is 1. The highest BCUT2D eigenvalue weighted by Crippen LogP contribution is 2.41. The lowest BCUT2D eigenvalue weighted by molar-refractivity contribution is -0.228. The van der Waals surface area contributed by atoms with Gasteiger partial charge in [0.1, 0.15) is 40.2 Å². The predicted octanol–water partition coefficient (Wildman–Crippen LogP) is 4.98. The summed E-state index contributed by atoms with van der Waals surface area (Å²) in [7, 11) is 0. The van der Waals surface area contributed by atoms with Crippen LogP contribution < -0.4 is 14.5 Å². The Morgan fingerprint density at radius 1 is 1.18 bits per heavy atom. The minimum Gasteiger partial charge on any atom is -0.480 e. The molecule has 3 saturated heterocycles. The van der Waals surface area contributed by atoms with Gasteiger partial charge in [0.05, 0.1) is 37.4 Å². The van der Waals surface area contributed by atoms with Crippen molar-refractivity contribution in [3.8, 4) is 17.7 Å². The third-order valence-electron chi connectivity index (χ3n) is 9.25. The van der Waals surface area contributed by atoms with Crippen LogP contribution in [0.4, 0.5) is 20.3 Å². The van der Waals surface area contributed by atoms with Gasteiger partial charge in [0.25, 0.3) is 6.43 Å². The quantitative estimate of drug-likeness (QED) is 0.241. The zero-order chi connectivity index (χ0) is 33.9. The first kappa shape index (κ1) is 31.4. The van der Waals surface area contributed by atoms with E-state index in [2.05, 4.69) is 43.6 Å². The number of hydrogen-bond donors (Lipinski definition) is 1. The normalized spacial score (nSPS) is 21.7. The fraction of sp³-hybridized carbons (Fsp3) is 0.382. The molecule has 0 aliphatic carbocycles. The van der Waals surface area contributed by atoms with Crippen molar-refractivity contribution < 1.29 is 37.3 Å². The summed E-state index contributed by atoms with van der Waals surface area (Å²) in [5.74, 6) is 4.64. The first-order valence-electron chi connectivity index (χ1n) is 15.7. The van der Waals surface area contributed by atoms with E-state index in [0.717, 1.165) is 5.01 Å². The van der Waals surface area contributed by atoms with Crippen molar-refractivity contribution in [1.29, 1.82) is 0 Å². The van der Waals surface area contributed by atoms with E-state index in [1.54, 1.807) is 30.5 Å². The standard InChI is InChI=1S/C34H30F2N6O6S/c1-18-34(16-45-17-34)46-10-9-41(18)24-11-20(7-8-21-15-49-19(2)38-21)13-37-32(24)47-22-12-25(33(43)44)42(14-22)31-28-27(39-30(40-31)29(35)36)23-5-3-4-6-26(23)48-28/h3-6,11,13,15,18,22,25,29H,9-10,12,14,16-17H2,1-2H3,(H,43,44)/t18-,22-,25-/m0/s1. The smallest absolute Gasteiger partial charge is 0.326 e. The molecule has 0 radical (unpaired) electrons. The fourth-order valence-corrected chi connectivity index (χ4v) is 7.20. The fourth-order valence-electron chi connectivity index (χ4n) is 6.66. The number of hydrogen-bond acceptors (Lipinski definition) is 12. The topological polar surface area (TPSA) is 136 Å². The number of nitrogens with zero attached hydrogens (tertiary/aromatic N) is 6. The lowest BCUT2D eigenvalue weighted by Gasteiger charge is -2.53. The number of aromatic nitrogens is 4. The Labute approximate surface area is 282 Å². The predicted molar refractivity (Wildman–Crippen MR) is 175 cm³/mol. The van der Waals surface area contributed by atoms with Gasteiger partial charge in [0.15, 0.2) is 17.2 Å². The second-order valence-electron chi connectivity index (χ2n) is 12.3. The van der Waals surface area contributed by atoms with Crippen molar-refractivity contribution in [3.05, 3.63) is 64.0 Å². The van der Waals surface area contributed by atoms with Gasteiger partial charge in [-0.3, -0.25) is 0 Å². The molecule has 0 unspecified atom stereocenters. The van der Waals surface area contributed by atoms with Crippen molar-refractivity contribution >= 4 is 50.9 Å². The van der Waals surface area contributed by atoms with E-state index in [1.165, 1.54) is 16.2 Å². The highest BCUT2D eigenvalue weighted by Gasteiger charge is 2.50. The number of furan rings is 1. The molecule has 3 fully saturated rings. The van der Waals surface area contributed by atoms with Crippen LogP contribution in [0.2, 0.25) is 0 Å². The van der Waals surface area contributed by atoms with Crippen LogP contribution in [0.1, 0.15) is 41.9 Å². The maximum absolute atomic E-state index is 14.1. The maximum Gasteiger partial charge on any atom is 0.326 e. The van der Waals surface area contributed by atoms with Crippen LogP contribution in [0, 0.1) is 18.8 Å². The van der Waals surface area contributed by atoms with Gasteiger partial charge >= 0.3 is 5.97 Å². The van der Waals surface area contributed by atoms with Gasteiger partial charge in [-0.15, -0.1) is 11.3 Å². The minimum atomic E-state index is -2.98. The van der Waals surface area contributed by atoms with Crippen LogP contribution in [-0.4, -0.2) is 87.7 Å². The van der Waals surface area contributed by atoms with Crippen LogP contribution in [0.15, 0.2) is 46.3 Å². The molecule has 1 aromatic carbocycles. The molecule has 0 saturated carbocycles. The number of carbonyl (C=O) groups is 1. The second-order valence-corrected chi connectivity index (χ2v) is 13.4. The number of aliphatic carboxylic acids is 1. The van der Waals surface area contributed by atoms with Crippen LogP contribution in [0.5, 0.6) is 5.88 Å². The number of carboxylic acids is 1. The summed E-state index contributed by atoms with van der Waals surface area (Å²) < 4.78 is 52.3. The Hall–Kier alpha value is -4.91. The largest absolute Gasteiger partial charge is 0.480 e. The molecule has 5 aromatic rings. The summed E-state index contributed by atoms with van der Waals surface area (Å²) in [6.45, 7) is 5.95. The molecule has 4 aromatic heterocycles. The molecule has 0 bridgehead atoms. The van der Waals surface area contributed by atoms with Gasteiger partial charge < -0.3 is 33.5 Å². The van der Waals surface area contributed by atoms with E-state index in [9.17, 15) is 18.7 Å². The molecule has 0 amide bonds. The molecule has 252 valence electrons. The minimum absolute atomic E-state index is 0.0189. The zero-order valence-electron chi connectivity index (χ0n) is 26.4. The molecule has 3 atom stereocenters. The summed E-state index contributed by atoms with van der Waals surface area (Å²) in [4.78, 5) is 33.5. The average Bonchev–Trinajstić information content (AvgIpc) is 3.80. The summed E-state index contributed by atoms with van der Waals surface area (Å²) >= 11 is 1.52. The lowest BCUT2D eigenvalue weighted by atomic mass is 9.90. The molecule has 1 spiro atoms. The number of pyridine rings is 1. The monoisotopic (exact) mass is 688 g/mol. The van der Waals surface area contributed by atoms with Gasteiger partial charge in [-0.25, -0.2) is 33.5 Å². The molecular weight excluding hydrogens is 658 g/mol. The van der Waals surface area contributed by atoms with Gasteiger partial charge in [0.2, 0.25) is 5.88 Å². The highest BCUT2D eigenvalue weighted by molar-refractivity contribution is 7.09. The second kappa shape index (κ2) is 12.2. The number of carboxylic acid groups (broad SMARTS) is 1. The average molecular weight is 689 g/mol. The molecule has 1 N–H and O–H groups in total. The number of anilines is 2. The molecule has 12 nitrogen and oxygen atoms in total. The Kier molecular flexibility index (Phi) is 7.81. The summed E-state index contributed by atoms with van der Waals surface area (Å²) in [6.07, 6.45) is -2.03. The number of thiazole rings is 1. The molecule has 3 aliphatic heterocycles. The number of rotatable bonds is 6. The number of para-hydroxylation sites is 1. The van der Waals surface area contributed by atoms with Crippen molar-refractivity contribution in [1.82, 2.24) is 19.9 Å². The van der Waals surface area contributed by atoms with Crippen molar-refractivity contribution in [3.63, 3.8) is 0 Å². The number of halogens is 2. The molecule has 3 aliphatic rings. The zero-order valence-corrected chi connectivity index (χ0v) is 27.2. The Balaban J connectivity index is 1.15. The highest BCUT2D eigenvalue weighted by atomic mass is 32.1. The number of morpholine rings is 1. The number of fused-ring (bicyclic) bond motifs is 3. The van der Waals surface area contributed by atoms with Gasteiger partial charge in [0, 0.05) is 35.5 Å². The van der Waals surface area contributed by atoms with E-state index in [1.807, 2.05) is 18.4 Å². The van der Waals surface area contributed by atoms with Crippen LogP contribution in [-0.2, 0) is 14.3 Å². The van der Waals surface area contributed by atoms with Crippen molar-refractivity contribution in [2.75, 3.05) is 42.7 Å². The SMILES string of the molecule is Cc1nc(C#Cc2cnc(O[C@H]3C[C@@H](C(=O)O)N(c4nc(C(F)F)nc5c4oc4ccccc45)C3)c(N3CCOC4(COC4)[C@@H]3C)c2)cs1. The summed E-state index contributed by atoms with van der Waals surface area (Å²) in [6, 6.07) is 7.57. The maximum atomic E-state index is 14.1. The third-order valence-corrected chi connectivity index (χ3v) is 10.0.